The fraction of sp³-hybridized carbons (Fsp3) is 0.435. The second-order valence-electron chi connectivity index (χ2n) is 9.27. The predicted molar refractivity (Wildman–Crippen MR) is 120 cm³/mol. The first-order valence-electron chi connectivity index (χ1n) is 11.0. The summed E-state index contributed by atoms with van der Waals surface area (Å²) >= 11 is 0. The standard InChI is InChI=1S/C23H28N6O2S/c1-17(2)21-25-22(27-26-21)20-13-28(12-18-7-4-3-5-8-18)14-23(20)15-29(16-23)32(30,31)19-9-6-10-24-11-19/h3-11,17,20H,12-16H2,1-2H3,(H,25,26,27). The van der Waals surface area contributed by atoms with Gasteiger partial charge in [0.25, 0.3) is 0 Å². The summed E-state index contributed by atoms with van der Waals surface area (Å²) in [5.74, 6) is 2.01. The maximum absolute atomic E-state index is 13.1. The van der Waals surface area contributed by atoms with Crippen molar-refractivity contribution in [3.63, 3.8) is 0 Å². The molecule has 1 spiro atoms. The Hall–Kier alpha value is -2.62. The van der Waals surface area contributed by atoms with Gasteiger partial charge in [0.1, 0.15) is 10.7 Å². The number of aromatic nitrogens is 4. The Bertz CT molecular complexity index is 1170. The van der Waals surface area contributed by atoms with Gasteiger partial charge in [-0.1, -0.05) is 44.2 Å². The van der Waals surface area contributed by atoms with Crippen molar-refractivity contribution < 1.29 is 8.42 Å². The predicted octanol–water partition coefficient (Wildman–Crippen LogP) is 2.61. The van der Waals surface area contributed by atoms with E-state index in [-0.39, 0.29) is 22.1 Å². The molecule has 9 heteroatoms. The van der Waals surface area contributed by atoms with Crippen LogP contribution in [0.4, 0.5) is 0 Å². The van der Waals surface area contributed by atoms with Crippen LogP contribution in [-0.2, 0) is 16.6 Å². The van der Waals surface area contributed by atoms with Crippen LogP contribution in [0.5, 0.6) is 0 Å². The number of nitrogens with one attached hydrogen (secondary N) is 1. The molecule has 8 nitrogen and oxygen atoms in total. The van der Waals surface area contributed by atoms with Crippen LogP contribution in [0.3, 0.4) is 0 Å². The highest BCUT2D eigenvalue weighted by atomic mass is 32.2. The number of hydrogen-bond donors (Lipinski definition) is 1. The maximum atomic E-state index is 13.1. The monoisotopic (exact) mass is 452 g/mol. The van der Waals surface area contributed by atoms with Crippen molar-refractivity contribution in [2.45, 2.75) is 37.1 Å². The largest absolute Gasteiger partial charge is 0.298 e. The lowest BCUT2D eigenvalue weighted by molar-refractivity contribution is 0.0607. The molecule has 0 bridgehead atoms. The number of nitrogens with zero attached hydrogens (tertiary/aromatic N) is 5. The van der Waals surface area contributed by atoms with Crippen LogP contribution < -0.4 is 0 Å². The minimum Gasteiger partial charge on any atom is -0.298 e. The Labute approximate surface area is 188 Å². The van der Waals surface area contributed by atoms with Crippen molar-refractivity contribution >= 4 is 10.0 Å². The van der Waals surface area contributed by atoms with Gasteiger partial charge in [0.05, 0.1) is 0 Å². The lowest BCUT2D eigenvalue weighted by Gasteiger charge is -2.49. The zero-order valence-electron chi connectivity index (χ0n) is 18.3. The summed E-state index contributed by atoms with van der Waals surface area (Å²) in [6.45, 7) is 7.57. The van der Waals surface area contributed by atoms with Crippen LogP contribution in [0.15, 0.2) is 59.8 Å². The molecule has 2 saturated heterocycles. The van der Waals surface area contributed by atoms with E-state index in [1.54, 1.807) is 22.6 Å². The third-order valence-corrected chi connectivity index (χ3v) is 8.36. The summed E-state index contributed by atoms with van der Waals surface area (Å²) in [7, 11) is -3.55. The summed E-state index contributed by atoms with van der Waals surface area (Å²) in [6, 6.07) is 13.6. The van der Waals surface area contributed by atoms with Crippen molar-refractivity contribution in [3.05, 3.63) is 72.1 Å². The lowest BCUT2D eigenvalue weighted by atomic mass is 9.72. The normalized spacial score (nSPS) is 21.3. The minimum atomic E-state index is -3.55. The molecule has 32 heavy (non-hydrogen) atoms. The number of H-pyrrole nitrogens is 1. The van der Waals surface area contributed by atoms with Crippen LogP contribution in [0.25, 0.3) is 0 Å². The lowest BCUT2D eigenvalue weighted by Crippen LogP contribution is -2.61. The van der Waals surface area contributed by atoms with Gasteiger partial charge in [0.2, 0.25) is 10.0 Å². The van der Waals surface area contributed by atoms with Crippen LogP contribution in [0.1, 0.15) is 42.9 Å². The molecule has 1 N–H and O–H groups in total. The van der Waals surface area contributed by atoms with Gasteiger partial charge in [-0.25, -0.2) is 13.4 Å². The fourth-order valence-electron chi connectivity index (χ4n) is 4.91. The van der Waals surface area contributed by atoms with E-state index in [2.05, 4.69) is 58.2 Å². The van der Waals surface area contributed by atoms with Crippen LogP contribution >= 0.6 is 0 Å². The van der Waals surface area contributed by atoms with Crippen LogP contribution in [-0.4, -0.2) is 64.0 Å². The molecule has 0 radical (unpaired) electrons. The number of benzene rings is 1. The third-order valence-electron chi connectivity index (χ3n) is 6.59. The van der Waals surface area contributed by atoms with E-state index in [0.29, 0.717) is 13.1 Å². The minimum absolute atomic E-state index is 0.103. The van der Waals surface area contributed by atoms with Crippen LogP contribution in [0, 0.1) is 5.41 Å². The Morgan fingerprint density at radius 1 is 1.12 bits per heavy atom. The average molecular weight is 453 g/mol. The van der Waals surface area contributed by atoms with Crippen molar-refractivity contribution in [2.75, 3.05) is 26.2 Å². The average Bonchev–Trinajstić information content (AvgIpc) is 3.39. The number of aromatic amines is 1. The summed E-state index contributed by atoms with van der Waals surface area (Å²) < 4.78 is 27.8. The van der Waals surface area contributed by atoms with E-state index in [9.17, 15) is 8.42 Å². The molecule has 2 aliphatic rings. The van der Waals surface area contributed by atoms with E-state index < -0.39 is 10.0 Å². The maximum Gasteiger partial charge on any atom is 0.244 e. The molecule has 2 aliphatic heterocycles. The summed E-state index contributed by atoms with van der Waals surface area (Å²) in [4.78, 5) is 11.4. The van der Waals surface area contributed by atoms with Gasteiger partial charge >= 0.3 is 0 Å². The molecule has 2 aromatic heterocycles. The van der Waals surface area contributed by atoms with Crippen molar-refractivity contribution in [3.8, 4) is 0 Å². The molecule has 0 saturated carbocycles. The molecular weight excluding hydrogens is 424 g/mol. The first kappa shape index (κ1) is 21.2. The number of likely N-dealkylation sites (tertiary alicyclic amines) is 1. The van der Waals surface area contributed by atoms with Crippen molar-refractivity contribution in [1.29, 1.82) is 0 Å². The van der Waals surface area contributed by atoms with Gasteiger partial charge in [-0.15, -0.1) is 0 Å². The molecule has 1 atom stereocenters. The Balaban J connectivity index is 1.40. The molecule has 1 aromatic carbocycles. The van der Waals surface area contributed by atoms with E-state index in [0.717, 1.165) is 31.3 Å². The first-order valence-corrected chi connectivity index (χ1v) is 12.4. The molecule has 1 unspecified atom stereocenters. The zero-order chi connectivity index (χ0) is 22.3. The first-order chi connectivity index (χ1) is 15.4. The SMILES string of the molecule is CC(C)c1n[nH]c(C2CN(Cc3ccccc3)CC23CN(S(=O)(=O)c2cccnc2)C3)n1. The Morgan fingerprint density at radius 3 is 2.56 bits per heavy atom. The molecule has 168 valence electrons. The number of pyridine rings is 1. The van der Waals surface area contributed by atoms with Gasteiger partial charge in [0.15, 0.2) is 5.82 Å². The van der Waals surface area contributed by atoms with Gasteiger partial charge in [0, 0.05) is 62.4 Å². The molecule has 2 fully saturated rings. The zero-order valence-corrected chi connectivity index (χ0v) is 19.2. The highest BCUT2D eigenvalue weighted by molar-refractivity contribution is 7.89. The highest BCUT2D eigenvalue weighted by Gasteiger charge is 2.58. The summed E-state index contributed by atoms with van der Waals surface area (Å²) in [5, 5.41) is 7.57. The number of sulfonamides is 1. The fourth-order valence-corrected chi connectivity index (χ4v) is 6.50. The molecule has 3 aromatic rings. The topological polar surface area (TPSA) is 95.1 Å². The molecule has 5 rings (SSSR count). The second-order valence-corrected chi connectivity index (χ2v) is 11.2. The van der Waals surface area contributed by atoms with Crippen molar-refractivity contribution in [1.82, 2.24) is 29.4 Å². The molecule has 4 heterocycles. The summed E-state index contributed by atoms with van der Waals surface area (Å²) in [5.41, 5.74) is 1.07. The van der Waals surface area contributed by atoms with Gasteiger partial charge < -0.3 is 0 Å². The molecule has 0 amide bonds. The van der Waals surface area contributed by atoms with Crippen LogP contribution in [0.2, 0.25) is 0 Å². The number of rotatable bonds is 6. The number of hydrogen-bond acceptors (Lipinski definition) is 6. The second kappa shape index (κ2) is 8.06. The Kier molecular flexibility index (Phi) is 5.35. The highest BCUT2D eigenvalue weighted by Crippen LogP contribution is 2.50. The van der Waals surface area contributed by atoms with Gasteiger partial charge in [-0.2, -0.15) is 9.40 Å². The molecule has 0 aliphatic carbocycles. The third kappa shape index (κ3) is 3.74. The van der Waals surface area contributed by atoms with E-state index in [4.69, 9.17) is 4.98 Å². The quantitative estimate of drug-likeness (QED) is 0.618. The van der Waals surface area contributed by atoms with Gasteiger partial charge in [-0.3, -0.25) is 15.0 Å². The van der Waals surface area contributed by atoms with E-state index in [1.807, 2.05) is 6.07 Å². The Morgan fingerprint density at radius 2 is 1.91 bits per heavy atom. The smallest absolute Gasteiger partial charge is 0.244 e. The van der Waals surface area contributed by atoms with Gasteiger partial charge in [-0.05, 0) is 17.7 Å². The van der Waals surface area contributed by atoms with E-state index >= 15 is 0 Å². The summed E-state index contributed by atoms with van der Waals surface area (Å²) in [6.07, 6.45) is 3.00. The van der Waals surface area contributed by atoms with Crippen molar-refractivity contribution in [2.24, 2.45) is 5.41 Å². The molecular formula is C23H28N6O2S. The van der Waals surface area contributed by atoms with E-state index in [1.165, 1.54) is 11.8 Å².